The average Bonchev–Trinajstić information content (AvgIpc) is 3.57. The third-order valence-corrected chi connectivity index (χ3v) is 9.37. The van der Waals surface area contributed by atoms with Crippen LogP contribution in [0.25, 0.3) is 20.7 Å². The zero-order valence-corrected chi connectivity index (χ0v) is 22.9. The molecule has 4 aromatic rings. The summed E-state index contributed by atoms with van der Waals surface area (Å²) in [5, 5.41) is 9.70. The van der Waals surface area contributed by atoms with Gasteiger partial charge < -0.3 is 36.2 Å². The van der Waals surface area contributed by atoms with Gasteiger partial charge in [-0.2, -0.15) is 0 Å². The summed E-state index contributed by atoms with van der Waals surface area (Å²) in [6.07, 6.45) is 7.47. The lowest BCUT2D eigenvalue weighted by molar-refractivity contribution is 0.0996. The number of carbonyl (C=O) groups excluding carboxylic acids is 1. The highest BCUT2D eigenvalue weighted by atomic mass is 32.1. The number of nitrogens with two attached hydrogens (primary N) is 2. The van der Waals surface area contributed by atoms with E-state index in [1.54, 1.807) is 18.5 Å². The van der Waals surface area contributed by atoms with E-state index in [1.165, 1.54) is 22.7 Å². The van der Waals surface area contributed by atoms with Crippen LogP contribution in [0.15, 0.2) is 45.3 Å². The van der Waals surface area contributed by atoms with E-state index in [-0.39, 0.29) is 23.2 Å². The number of thiophene rings is 1. The fraction of sp³-hybridized carbons (Fsp3) is 0.370. The third-order valence-electron chi connectivity index (χ3n) is 7.22. The highest BCUT2D eigenvalue weighted by Crippen LogP contribution is 2.43. The van der Waals surface area contributed by atoms with Crippen LogP contribution < -0.4 is 32.4 Å². The van der Waals surface area contributed by atoms with Crippen molar-refractivity contribution in [2.45, 2.75) is 37.8 Å². The van der Waals surface area contributed by atoms with Crippen molar-refractivity contribution in [2.24, 2.45) is 11.5 Å². The number of pyridine rings is 1. The van der Waals surface area contributed by atoms with Gasteiger partial charge in [-0.1, -0.05) is 12.8 Å². The molecule has 2 fully saturated rings. The van der Waals surface area contributed by atoms with Gasteiger partial charge in [-0.3, -0.25) is 9.59 Å². The quantitative estimate of drug-likeness (QED) is 0.256. The second-order valence-corrected chi connectivity index (χ2v) is 11.8. The van der Waals surface area contributed by atoms with E-state index in [0.717, 1.165) is 70.3 Å². The number of morpholine rings is 1. The number of carbonyl (C=O) groups is 1. The van der Waals surface area contributed by atoms with Crippen LogP contribution >= 0.6 is 22.7 Å². The van der Waals surface area contributed by atoms with Gasteiger partial charge in [0, 0.05) is 31.2 Å². The molecule has 0 unspecified atom stereocenters. The highest BCUT2D eigenvalue weighted by Gasteiger charge is 2.24. The van der Waals surface area contributed by atoms with E-state index in [9.17, 15) is 9.59 Å². The fourth-order valence-electron chi connectivity index (χ4n) is 5.18. The van der Waals surface area contributed by atoms with Crippen molar-refractivity contribution in [3.05, 3.63) is 52.0 Å². The zero-order chi connectivity index (χ0) is 26.9. The van der Waals surface area contributed by atoms with Crippen molar-refractivity contribution in [2.75, 3.05) is 41.8 Å². The van der Waals surface area contributed by atoms with E-state index < -0.39 is 5.91 Å². The lowest BCUT2D eigenvalue weighted by Gasteiger charge is -2.30. The van der Waals surface area contributed by atoms with Crippen molar-refractivity contribution >= 4 is 60.9 Å². The lowest BCUT2D eigenvalue weighted by atomic mass is 9.91. The number of rotatable bonds is 7. The first-order valence-corrected chi connectivity index (χ1v) is 14.7. The Balaban J connectivity index is 1.34. The molecule has 4 aromatic heterocycles. The minimum Gasteiger partial charge on any atom is -0.459 e. The van der Waals surface area contributed by atoms with E-state index in [1.807, 2.05) is 17.5 Å². The van der Waals surface area contributed by atoms with Crippen molar-refractivity contribution in [1.29, 1.82) is 0 Å². The van der Waals surface area contributed by atoms with Crippen molar-refractivity contribution in [1.82, 2.24) is 4.98 Å². The normalized spacial score (nSPS) is 19.8. The fourth-order valence-corrected chi connectivity index (χ4v) is 7.29. The zero-order valence-electron chi connectivity index (χ0n) is 21.3. The van der Waals surface area contributed by atoms with Gasteiger partial charge in [0.1, 0.15) is 6.26 Å². The summed E-state index contributed by atoms with van der Waals surface area (Å²) < 4.78 is 12.0. The van der Waals surface area contributed by atoms with Crippen LogP contribution in [-0.2, 0) is 4.74 Å². The molecular formula is C27H30N6O4S2. The Bertz CT molecular complexity index is 1560. The molecule has 1 aliphatic carbocycles. The number of nitrogens with zero attached hydrogens (tertiary/aromatic N) is 2. The average molecular weight is 567 g/mol. The monoisotopic (exact) mass is 566 g/mol. The van der Waals surface area contributed by atoms with Crippen molar-refractivity contribution in [3.63, 3.8) is 0 Å². The largest absolute Gasteiger partial charge is 0.459 e. The first-order valence-electron chi connectivity index (χ1n) is 13.0. The molecule has 10 nitrogen and oxygen atoms in total. The number of ether oxygens (including phenoxy) is 1. The van der Waals surface area contributed by atoms with Crippen LogP contribution in [0.1, 0.15) is 36.2 Å². The highest BCUT2D eigenvalue weighted by molar-refractivity contribution is 7.23. The van der Waals surface area contributed by atoms with Gasteiger partial charge in [0.25, 0.3) is 5.91 Å². The second kappa shape index (κ2) is 11.0. The Morgan fingerprint density at radius 2 is 1.97 bits per heavy atom. The maximum Gasteiger partial charge on any atom is 0.269 e. The molecule has 1 aliphatic heterocycles. The molecule has 1 saturated carbocycles. The summed E-state index contributed by atoms with van der Waals surface area (Å²) in [5.41, 5.74) is 15.2. The van der Waals surface area contributed by atoms with Crippen LogP contribution in [0.2, 0.25) is 0 Å². The van der Waals surface area contributed by atoms with Gasteiger partial charge in [0.05, 0.1) is 56.6 Å². The maximum absolute atomic E-state index is 12.9. The molecule has 0 radical (unpaired) electrons. The summed E-state index contributed by atoms with van der Waals surface area (Å²) in [5.74, 6) is -0.627. The molecule has 0 aromatic carbocycles. The number of amides is 1. The predicted molar refractivity (Wildman–Crippen MR) is 157 cm³/mol. The second-order valence-electron chi connectivity index (χ2n) is 9.83. The van der Waals surface area contributed by atoms with Gasteiger partial charge >= 0.3 is 0 Å². The molecule has 204 valence electrons. The van der Waals surface area contributed by atoms with E-state index >= 15 is 0 Å². The molecular weight excluding hydrogens is 536 g/mol. The molecule has 0 spiro atoms. The number of fused-ring (bicyclic) bond motifs is 1. The number of aromatic nitrogens is 1. The van der Waals surface area contributed by atoms with Crippen LogP contribution in [-0.4, -0.2) is 49.3 Å². The number of hydrogen-bond donors (Lipinski definition) is 4. The van der Waals surface area contributed by atoms with Gasteiger partial charge in [-0.25, -0.2) is 4.98 Å². The van der Waals surface area contributed by atoms with Gasteiger partial charge in [-0.15, -0.1) is 22.7 Å². The van der Waals surface area contributed by atoms with Crippen LogP contribution in [0.4, 0.5) is 22.1 Å². The Kier molecular flexibility index (Phi) is 7.26. The smallest absolute Gasteiger partial charge is 0.269 e. The molecule has 2 atom stereocenters. The Labute approximate surface area is 233 Å². The summed E-state index contributed by atoms with van der Waals surface area (Å²) in [4.78, 5) is 32.6. The number of furan rings is 1. The molecule has 12 heteroatoms. The van der Waals surface area contributed by atoms with E-state index in [0.29, 0.717) is 24.5 Å². The number of hydrogen-bond acceptors (Lipinski definition) is 11. The topological polar surface area (TPSA) is 149 Å². The molecule has 1 amide bonds. The van der Waals surface area contributed by atoms with Crippen LogP contribution in [0.3, 0.4) is 0 Å². The van der Waals surface area contributed by atoms with Gasteiger partial charge in [0.15, 0.2) is 11.3 Å². The minimum absolute atomic E-state index is 0.0679. The van der Waals surface area contributed by atoms with Crippen molar-refractivity contribution in [3.8, 4) is 10.4 Å². The molecule has 2 aliphatic rings. The lowest BCUT2D eigenvalue weighted by Crippen LogP contribution is -2.42. The van der Waals surface area contributed by atoms with Crippen LogP contribution in [0.5, 0.6) is 0 Å². The molecule has 6 rings (SSSR count). The summed E-state index contributed by atoms with van der Waals surface area (Å²) in [6, 6.07) is 5.62. The summed E-state index contributed by atoms with van der Waals surface area (Å²) >= 11 is 3.05. The third kappa shape index (κ3) is 5.24. The molecule has 0 bridgehead atoms. The van der Waals surface area contributed by atoms with Gasteiger partial charge in [-0.05, 0) is 30.4 Å². The molecule has 6 N–H and O–H groups in total. The van der Waals surface area contributed by atoms with E-state index in [2.05, 4.69) is 20.5 Å². The standard InChI is InChI=1S/C27H30N6O4S2/c28-17-3-1-2-4-18(17)31-15-11-20(23(27(29)35)30-13-15)32-19-5-10-38-25(19)16-14-37-24-21(34)12-22(39-26(16)24)33-6-8-36-9-7-33/h5,10-14,17-18,31-32H,1-4,6-9,28H2,(H2,29,35)/t17-,18-/m1/s1. The molecule has 5 heterocycles. The number of nitrogens with one attached hydrogen (secondary N) is 2. The first kappa shape index (κ1) is 25.8. The number of primary amides is 1. The Morgan fingerprint density at radius 3 is 2.77 bits per heavy atom. The van der Waals surface area contributed by atoms with Crippen LogP contribution in [0, 0.1) is 0 Å². The molecule has 39 heavy (non-hydrogen) atoms. The Hall–Kier alpha value is -3.45. The molecule has 1 saturated heterocycles. The van der Waals surface area contributed by atoms with Gasteiger partial charge in [0.2, 0.25) is 5.43 Å². The number of anilines is 4. The first-order chi connectivity index (χ1) is 19.0. The SMILES string of the molecule is NC(=O)c1ncc(N[C@@H]2CCCC[C@H]2N)cc1Nc1ccsc1-c1coc2c(=O)cc(N3CCOCC3)sc12. The predicted octanol–water partition coefficient (Wildman–Crippen LogP) is 4.34. The summed E-state index contributed by atoms with van der Waals surface area (Å²) in [6.45, 7) is 2.74. The maximum atomic E-state index is 12.9. The minimum atomic E-state index is -0.627. The van der Waals surface area contributed by atoms with Crippen molar-refractivity contribution < 1.29 is 13.9 Å². The van der Waals surface area contributed by atoms with E-state index in [4.69, 9.17) is 20.6 Å². The summed E-state index contributed by atoms with van der Waals surface area (Å²) in [7, 11) is 0. The Morgan fingerprint density at radius 1 is 1.15 bits per heavy atom.